The second-order valence-corrected chi connectivity index (χ2v) is 16.4. The Bertz CT molecular complexity index is 2440. The van der Waals surface area contributed by atoms with Crippen LogP contribution in [0.3, 0.4) is 0 Å². The number of carbonyl (C=O) groups excluding carboxylic acids is 1. The SMILES string of the molecule is CC(C)(C)OC(=O)C1C2CCC(CC2)C1Nc1nc(-c2cn(C(c3ccccc3)(c3ccccc3)c3ccccc3)c3ncc(Cl)nc23)nc(-c2ccco2)c1F. The monoisotopic (exact) mass is 780 g/mol. The number of rotatable bonds is 9. The highest BCUT2D eigenvalue weighted by Gasteiger charge is 2.49. The maximum absolute atomic E-state index is 16.9. The number of hydrogen-bond acceptors (Lipinski definition) is 8. The Morgan fingerprint density at radius 1 is 0.825 bits per heavy atom. The summed E-state index contributed by atoms with van der Waals surface area (Å²) >= 11 is 6.62. The van der Waals surface area contributed by atoms with E-state index in [1.54, 1.807) is 12.1 Å². The Balaban J connectivity index is 1.28. The molecule has 0 aliphatic heterocycles. The standard InChI is InChI=1S/C46H42ClFN6O3/c1-45(2,3)57-44(55)36-28-21-23-29(24-22-28)38(36)51-42-37(48)40(34-20-13-25-56-34)52-41(53-42)33-27-54(43-39(33)50-35(47)26-49-43)46(30-14-7-4-8-15-30,31-16-9-5-10-17-31)32-18-11-6-12-19-32/h4-20,25-29,36,38H,21-24H2,1-3H3,(H,51,52,53). The molecule has 1 N–H and O–H groups in total. The summed E-state index contributed by atoms with van der Waals surface area (Å²) < 4.78 is 30.7. The summed E-state index contributed by atoms with van der Waals surface area (Å²) in [4.78, 5) is 33.4. The summed E-state index contributed by atoms with van der Waals surface area (Å²) in [7, 11) is 0. The minimum absolute atomic E-state index is 0.0291. The molecular formula is C46H42ClFN6O3. The Morgan fingerprint density at radius 2 is 1.42 bits per heavy atom. The van der Waals surface area contributed by atoms with E-state index in [2.05, 4.69) is 46.3 Å². The van der Waals surface area contributed by atoms with Gasteiger partial charge in [-0.05, 0) is 87.1 Å². The highest BCUT2D eigenvalue weighted by molar-refractivity contribution is 6.29. The minimum Gasteiger partial charge on any atom is -0.463 e. The number of ether oxygens (including phenoxy) is 1. The number of nitrogens with zero attached hydrogens (tertiary/aromatic N) is 5. The molecule has 3 aliphatic carbocycles. The summed E-state index contributed by atoms with van der Waals surface area (Å²) in [5, 5.41) is 3.62. The molecule has 3 fully saturated rings. The quantitative estimate of drug-likeness (QED) is 0.114. The fourth-order valence-corrected chi connectivity index (χ4v) is 9.24. The largest absolute Gasteiger partial charge is 0.463 e. The molecule has 2 bridgehead atoms. The van der Waals surface area contributed by atoms with Crippen LogP contribution in [0.2, 0.25) is 5.15 Å². The van der Waals surface area contributed by atoms with E-state index in [9.17, 15) is 4.79 Å². The second-order valence-electron chi connectivity index (χ2n) is 16.0. The molecule has 0 spiro atoms. The van der Waals surface area contributed by atoms with Gasteiger partial charge in [0, 0.05) is 12.2 Å². The fraction of sp³-hybridized carbons (Fsp3) is 0.283. The van der Waals surface area contributed by atoms with Crippen LogP contribution in [-0.2, 0) is 15.1 Å². The van der Waals surface area contributed by atoms with E-state index >= 15 is 4.39 Å². The molecule has 4 heterocycles. The summed E-state index contributed by atoms with van der Waals surface area (Å²) in [6.45, 7) is 5.61. The van der Waals surface area contributed by atoms with Crippen LogP contribution in [0.5, 0.6) is 0 Å². The Kier molecular flexibility index (Phi) is 9.39. The van der Waals surface area contributed by atoms with Crippen LogP contribution in [0.25, 0.3) is 34.0 Å². The van der Waals surface area contributed by atoms with Crippen LogP contribution in [0.4, 0.5) is 10.2 Å². The van der Waals surface area contributed by atoms with E-state index in [1.807, 2.05) is 81.6 Å². The number of hydrogen-bond donors (Lipinski definition) is 1. The van der Waals surface area contributed by atoms with Gasteiger partial charge in [-0.2, -0.15) is 0 Å². The number of fused-ring (bicyclic) bond motifs is 4. The molecule has 3 aliphatic rings. The van der Waals surface area contributed by atoms with Gasteiger partial charge in [0.25, 0.3) is 0 Å². The van der Waals surface area contributed by atoms with E-state index in [1.165, 1.54) is 12.5 Å². The average Bonchev–Trinajstić information content (AvgIpc) is 3.89. The van der Waals surface area contributed by atoms with E-state index in [4.69, 9.17) is 40.7 Å². The van der Waals surface area contributed by atoms with Gasteiger partial charge in [-0.15, -0.1) is 0 Å². The zero-order chi connectivity index (χ0) is 39.3. The molecule has 0 saturated heterocycles. The van der Waals surface area contributed by atoms with Crippen molar-refractivity contribution in [2.24, 2.45) is 17.8 Å². The lowest BCUT2D eigenvalue weighted by Gasteiger charge is -2.48. The minimum atomic E-state index is -0.963. The normalized spacial score (nSPS) is 19.5. The second kappa shape index (κ2) is 14.6. The smallest absolute Gasteiger partial charge is 0.311 e. The number of anilines is 1. The molecule has 3 saturated carbocycles. The van der Waals surface area contributed by atoms with Crippen LogP contribution < -0.4 is 5.32 Å². The van der Waals surface area contributed by atoms with Gasteiger partial charge in [-0.25, -0.2) is 24.3 Å². The van der Waals surface area contributed by atoms with Gasteiger partial charge in [0.05, 0.1) is 23.9 Å². The predicted molar refractivity (Wildman–Crippen MR) is 218 cm³/mol. The van der Waals surface area contributed by atoms with Gasteiger partial charge in [0.15, 0.2) is 28.9 Å². The van der Waals surface area contributed by atoms with Gasteiger partial charge in [-0.1, -0.05) is 103 Å². The van der Waals surface area contributed by atoms with Crippen molar-refractivity contribution in [2.75, 3.05) is 5.32 Å². The summed E-state index contributed by atoms with van der Waals surface area (Å²) in [6, 6.07) is 33.6. The van der Waals surface area contributed by atoms with Crippen LogP contribution in [-0.4, -0.2) is 42.1 Å². The molecule has 0 radical (unpaired) electrons. The summed E-state index contributed by atoms with van der Waals surface area (Å²) in [5.74, 6) is -0.789. The molecule has 288 valence electrons. The zero-order valence-corrected chi connectivity index (χ0v) is 32.7. The highest BCUT2D eigenvalue weighted by atomic mass is 35.5. The van der Waals surface area contributed by atoms with E-state index in [0.29, 0.717) is 16.7 Å². The fourth-order valence-electron chi connectivity index (χ4n) is 9.11. The van der Waals surface area contributed by atoms with Gasteiger partial charge >= 0.3 is 5.97 Å². The number of carbonyl (C=O) groups is 1. The Hall–Kier alpha value is -5.87. The first-order valence-electron chi connectivity index (χ1n) is 19.4. The lowest BCUT2D eigenvalue weighted by molar-refractivity contribution is -0.166. The number of furan rings is 1. The molecule has 2 atom stereocenters. The molecular weight excluding hydrogens is 739 g/mol. The third-order valence-electron chi connectivity index (χ3n) is 11.4. The number of nitrogens with one attached hydrogen (secondary N) is 1. The lowest BCUT2D eigenvalue weighted by Crippen LogP contribution is -2.53. The molecule has 10 rings (SSSR count). The first-order valence-corrected chi connectivity index (χ1v) is 19.8. The lowest BCUT2D eigenvalue weighted by atomic mass is 9.61. The molecule has 11 heteroatoms. The molecule has 4 aromatic heterocycles. The van der Waals surface area contributed by atoms with Crippen molar-refractivity contribution in [3.63, 3.8) is 0 Å². The van der Waals surface area contributed by atoms with Crippen LogP contribution in [0, 0.1) is 23.6 Å². The first kappa shape index (κ1) is 36.7. The number of halogens is 2. The predicted octanol–water partition coefficient (Wildman–Crippen LogP) is 10.3. The van der Waals surface area contributed by atoms with Crippen molar-refractivity contribution in [1.82, 2.24) is 24.5 Å². The first-order chi connectivity index (χ1) is 27.6. The number of esters is 1. The van der Waals surface area contributed by atoms with Crippen molar-refractivity contribution in [3.05, 3.63) is 149 Å². The van der Waals surface area contributed by atoms with Crippen molar-refractivity contribution in [3.8, 4) is 22.8 Å². The third kappa shape index (κ3) is 6.55. The summed E-state index contributed by atoms with van der Waals surface area (Å²) in [6.07, 6.45) is 8.64. The van der Waals surface area contributed by atoms with Crippen molar-refractivity contribution >= 4 is 34.6 Å². The van der Waals surface area contributed by atoms with Crippen LogP contribution in [0.15, 0.2) is 126 Å². The van der Waals surface area contributed by atoms with E-state index in [0.717, 1.165) is 42.4 Å². The van der Waals surface area contributed by atoms with Gasteiger partial charge in [0.1, 0.15) is 27.5 Å². The van der Waals surface area contributed by atoms with Crippen LogP contribution in [0.1, 0.15) is 63.1 Å². The van der Waals surface area contributed by atoms with Crippen molar-refractivity contribution in [1.29, 1.82) is 0 Å². The zero-order valence-electron chi connectivity index (χ0n) is 31.9. The van der Waals surface area contributed by atoms with Crippen molar-refractivity contribution < 1.29 is 18.3 Å². The number of aromatic nitrogens is 5. The average molecular weight is 781 g/mol. The van der Waals surface area contributed by atoms with Gasteiger partial charge in [-0.3, -0.25) is 4.79 Å². The Morgan fingerprint density at radius 3 is 1.98 bits per heavy atom. The third-order valence-corrected chi connectivity index (χ3v) is 11.6. The van der Waals surface area contributed by atoms with Gasteiger partial charge in [0.2, 0.25) is 0 Å². The molecule has 2 unspecified atom stereocenters. The molecule has 57 heavy (non-hydrogen) atoms. The van der Waals surface area contributed by atoms with E-state index in [-0.39, 0.29) is 46.1 Å². The maximum atomic E-state index is 16.9. The molecule has 9 nitrogen and oxygen atoms in total. The van der Waals surface area contributed by atoms with E-state index < -0.39 is 28.9 Å². The molecule has 0 amide bonds. The molecule has 3 aromatic carbocycles. The topological polar surface area (TPSA) is 108 Å². The van der Waals surface area contributed by atoms with Crippen LogP contribution >= 0.6 is 11.6 Å². The Labute approximate surface area is 335 Å². The van der Waals surface area contributed by atoms with Crippen molar-refractivity contribution in [2.45, 2.75) is 63.6 Å². The number of benzene rings is 3. The highest BCUT2D eigenvalue weighted by Crippen LogP contribution is 2.48. The maximum Gasteiger partial charge on any atom is 0.311 e. The van der Waals surface area contributed by atoms with Gasteiger partial charge < -0.3 is 19.0 Å². The summed E-state index contributed by atoms with van der Waals surface area (Å²) in [5.41, 5.74) is 2.70. The molecule has 7 aromatic rings.